The van der Waals surface area contributed by atoms with Crippen LogP contribution in [0, 0.1) is 0 Å². The zero-order valence-corrected chi connectivity index (χ0v) is 9.41. The van der Waals surface area contributed by atoms with Crippen molar-refractivity contribution < 1.29 is 0 Å². The molecule has 2 nitrogen and oxygen atoms in total. The summed E-state index contributed by atoms with van der Waals surface area (Å²) in [5.41, 5.74) is 5.47. The van der Waals surface area contributed by atoms with Gasteiger partial charge in [0.05, 0.1) is 3.79 Å². The summed E-state index contributed by atoms with van der Waals surface area (Å²) in [5, 5.41) is 3.33. The third-order valence-corrected chi connectivity index (χ3v) is 3.23. The molecule has 0 saturated heterocycles. The van der Waals surface area contributed by atoms with E-state index >= 15 is 0 Å². The summed E-state index contributed by atoms with van der Waals surface area (Å²) in [7, 11) is 0. The van der Waals surface area contributed by atoms with Crippen LogP contribution in [0.25, 0.3) is 0 Å². The van der Waals surface area contributed by atoms with Crippen molar-refractivity contribution >= 4 is 27.3 Å². The van der Waals surface area contributed by atoms with E-state index in [1.807, 2.05) is 0 Å². The van der Waals surface area contributed by atoms with E-state index in [9.17, 15) is 0 Å². The van der Waals surface area contributed by atoms with Gasteiger partial charge in [0.1, 0.15) is 0 Å². The Morgan fingerprint density at radius 3 is 2.92 bits per heavy atom. The van der Waals surface area contributed by atoms with Crippen LogP contribution in [-0.4, -0.2) is 12.6 Å². The Hall–Kier alpha value is 0.1000. The van der Waals surface area contributed by atoms with E-state index in [1.54, 1.807) is 11.3 Å². The van der Waals surface area contributed by atoms with Crippen LogP contribution < -0.4 is 11.1 Å². The normalized spacial score (nSPS) is 13.2. The lowest BCUT2D eigenvalue weighted by Gasteiger charge is -2.08. The highest BCUT2D eigenvalue weighted by Crippen LogP contribution is 2.21. The molecule has 3 N–H and O–H groups in total. The number of hydrogen-bond donors (Lipinski definition) is 2. The van der Waals surface area contributed by atoms with Gasteiger partial charge in [0.25, 0.3) is 0 Å². The zero-order chi connectivity index (χ0) is 8.97. The lowest BCUT2D eigenvalue weighted by atomic mass is 10.3. The molecule has 4 heteroatoms. The van der Waals surface area contributed by atoms with Crippen LogP contribution in [0.1, 0.15) is 11.8 Å². The first-order valence-corrected chi connectivity index (χ1v) is 5.51. The van der Waals surface area contributed by atoms with Crippen molar-refractivity contribution in [2.45, 2.75) is 19.5 Å². The van der Waals surface area contributed by atoms with Crippen LogP contribution in [0.5, 0.6) is 0 Å². The molecule has 0 aliphatic carbocycles. The number of halogens is 1. The van der Waals surface area contributed by atoms with Crippen molar-refractivity contribution in [2.75, 3.05) is 6.54 Å². The van der Waals surface area contributed by atoms with Crippen molar-refractivity contribution in [1.82, 2.24) is 5.32 Å². The van der Waals surface area contributed by atoms with E-state index in [4.69, 9.17) is 5.73 Å². The number of thiophene rings is 1. The lowest BCUT2D eigenvalue weighted by molar-refractivity contribution is 0.560. The van der Waals surface area contributed by atoms with Crippen LogP contribution in [0.2, 0.25) is 0 Å². The minimum absolute atomic E-state index is 0.394. The monoisotopic (exact) mass is 248 g/mol. The van der Waals surface area contributed by atoms with Gasteiger partial charge in [0.15, 0.2) is 0 Å². The average Bonchev–Trinajstić information content (AvgIpc) is 2.47. The maximum Gasteiger partial charge on any atom is 0.0701 e. The molecule has 68 valence electrons. The summed E-state index contributed by atoms with van der Waals surface area (Å²) < 4.78 is 1.18. The molecule has 1 atom stereocenters. The molecule has 0 spiro atoms. The van der Waals surface area contributed by atoms with Gasteiger partial charge < -0.3 is 11.1 Å². The van der Waals surface area contributed by atoms with Crippen LogP contribution in [0.3, 0.4) is 0 Å². The maximum absolute atomic E-state index is 5.47. The average molecular weight is 249 g/mol. The first-order chi connectivity index (χ1) is 5.72. The van der Waals surface area contributed by atoms with Gasteiger partial charge in [-0.05, 0) is 35.0 Å². The predicted molar refractivity (Wildman–Crippen MR) is 57.4 cm³/mol. The summed E-state index contributed by atoms with van der Waals surface area (Å²) in [6, 6.07) is 4.57. The van der Waals surface area contributed by atoms with Crippen molar-refractivity contribution in [2.24, 2.45) is 5.73 Å². The van der Waals surface area contributed by atoms with Gasteiger partial charge in [-0.3, -0.25) is 0 Å². The molecule has 0 saturated carbocycles. The Balaban J connectivity index is 2.33. The Labute approximate surface area is 85.3 Å². The molecule has 0 bridgehead atoms. The van der Waals surface area contributed by atoms with Crippen LogP contribution in [0.15, 0.2) is 15.9 Å². The van der Waals surface area contributed by atoms with E-state index in [0.717, 1.165) is 6.54 Å². The minimum Gasteiger partial charge on any atom is -0.329 e. The van der Waals surface area contributed by atoms with Gasteiger partial charge in [-0.1, -0.05) is 0 Å². The fourth-order valence-corrected chi connectivity index (χ4v) is 2.24. The summed E-state index contributed by atoms with van der Waals surface area (Å²) in [5.74, 6) is 0. The highest BCUT2D eigenvalue weighted by molar-refractivity contribution is 9.11. The molecule has 1 unspecified atom stereocenters. The molecule has 1 aromatic rings. The fraction of sp³-hybridized carbons (Fsp3) is 0.500. The van der Waals surface area contributed by atoms with Crippen molar-refractivity contribution in [1.29, 1.82) is 0 Å². The van der Waals surface area contributed by atoms with Gasteiger partial charge in [0.2, 0.25) is 0 Å². The predicted octanol–water partition coefficient (Wildman–Crippen LogP) is 1.95. The summed E-state index contributed by atoms with van der Waals surface area (Å²) >= 11 is 5.18. The SMILES string of the molecule is CC(CN)NCc1ccc(Br)s1. The molecule has 0 aliphatic heterocycles. The number of nitrogens with one attached hydrogen (secondary N) is 1. The Morgan fingerprint density at radius 2 is 2.42 bits per heavy atom. The quantitative estimate of drug-likeness (QED) is 0.855. The Kier molecular flexibility index (Phi) is 4.21. The van der Waals surface area contributed by atoms with E-state index in [0.29, 0.717) is 12.6 Å². The third kappa shape index (κ3) is 3.23. The fourth-order valence-electron chi connectivity index (χ4n) is 0.805. The van der Waals surface area contributed by atoms with Gasteiger partial charge >= 0.3 is 0 Å². The molecule has 1 aromatic heterocycles. The molecule has 0 radical (unpaired) electrons. The highest BCUT2D eigenvalue weighted by atomic mass is 79.9. The standard InChI is InChI=1S/C8H13BrN2S/c1-6(4-10)11-5-7-2-3-8(9)12-7/h2-3,6,11H,4-5,10H2,1H3. The van der Waals surface area contributed by atoms with E-state index in [1.165, 1.54) is 8.66 Å². The topological polar surface area (TPSA) is 38.0 Å². The van der Waals surface area contributed by atoms with Gasteiger partial charge in [-0.25, -0.2) is 0 Å². The van der Waals surface area contributed by atoms with Gasteiger partial charge in [-0.2, -0.15) is 0 Å². The van der Waals surface area contributed by atoms with Gasteiger partial charge in [0, 0.05) is 24.0 Å². The second kappa shape index (κ2) is 4.97. The molecule has 1 rings (SSSR count). The Morgan fingerprint density at radius 1 is 1.67 bits per heavy atom. The number of nitrogens with two attached hydrogens (primary N) is 1. The summed E-state index contributed by atoms with van der Waals surface area (Å²) in [6.45, 7) is 3.68. The second-order valence-corrected chi connectivity index (χ2v) is 5.27. The molecule has 0 fully saturated rings. The molecule has 0 aromatic carbocycles. The molecule has 0 aliphatic rings. The van der Waals surface area contributed by atoms with Crippen molar-refractivity contribution in [3.63, 3.8) is 0 Å². The van der Waals surface area contributed by atoms with Crippen LogP contribution >= 0.6 is 27.3 Å². The maximum atomic E-state index is 5.47. The minimum atomic E-state index is 0.394. The summed E-state index contributed by atoms with van der Waals surface area (Å²) in [4.78, 5) is 1.34. The van der Waals surface area contributed by atoms with E-state index in [-0.39, 0.29) is 0 Å². The molecule has 0 amide bonds. The molecular weight excluding hydrogens is 236 g/mol. The first kappa shape index (κ1) is 10.2. The zero-order valence-electron chi connectivity index (χ0n) is 7.01. The third-order valence-electron chi connectivity index (χ3n) is 1.61. The Bertz CT molecular complexity index is 237. The van der Waals surface area contributed by atoms with Crippen molar-refractivity contribution in [3.05, 3.63) is 20.8 Å². The first-order valence-electron chi connectivity index (χ1n) is 3.90. The lowest BCUT2D eigenvalue weighted by Crippen LogP contribution is -2.32. The molecular formula is C8H13BrN2S. The molecule has 12 heavy (non-hydrogen) atoms. The highest BCUT2D eigenvalue weighted by Gasteiger charge is 2.00. The smallest absolute Gasteiger partial charge is 0.0701 e. The second-order valence-electron chi connectivity index (χ2n) is 2.72. The van der Waals surface area contributed by atoms with Crippen LogP contribution in [0.4, 0.5) is 0 Å². The van der Waals surface area contributed by atoms with Crippen molar-refractivity contribution in [3.8, 4) is 0 Å². The van der Waals surface area contributed by atoms with E-state index < -0.39 is 0 Å². The van der Waals surface area contributed by atoms with Crippen LogP contribution in [-0.2, 0) is 6.54 Å². The number of hydrogen-bond acceptors (Lipinski definition) is 3. The largest absolute Gasteiger partial charge is 0.329 e. The number of rotatable bonds is 4. The summed E-state index contributed by atoms with van der Waals surface area (Å²) in [6.07, 6.45) is 0. The molecule has 1 heterocycles. The van der Waals surface area contributed by atoms with Gasteiger partial charge in [-0.15, -0.1) is 11.3 Å². The van der Waals surface area contributed by atoms with E-state index in [2.05, 4.69) is 40.3 Å².